The third kappa shape index (κ3) is 7.62. The average Bonchev–Trinajstić information content (AvgIpc) is 3.26. The molecule has 0 bridgehead atoms. The van der Waals surface area contributed by atoms with Crippen LogP contribution in [0, 0.1) is 20.8 Å². The third-order valence-corrected chi connectivity index (χ3v) is 6.93. The van der Waals surface area contributed by atoms with Gasteiger partial charge in [-0.15, -0.1) is 0 Å². The van der Waals surface area contributed by atoms with Gasteiger partial charge < -0.3 is 19.4 Å². The minimum atomic E-state index is -0.132. The average molecular weight is 528 g/mol. The number of para-hydroxylation sites is 2. The first-order valence-electron chi connectivity index (χ1n) is 14.0. The molecule has 0 aliphatic heterocycles. The Hall–Kier alpha value is -3.80. The summed E-state index contributed by atoms with van der Waals surface area (Å²) in [6, 6.07) is 20.7. The van der Waals surface area contributed by atoms with Crippen molar-refractivity contribution >= 4 is 16.9 Å². The Morgan fingerprint density at radius 3 is 2.46 bits per heavy atom. The van der Waals surface area contributed by atoms with Crippen molar-refractivity contribution in [3.05, 3.63) is 88.7 Å². The summed E-state index contributed by atoms with van der Waals surface area (Å²) < 4.78 is 14.2. The standard InChI is InChI=1S/C33H41N3O3/c1-23(2)27-15-13-25(4)21-31(27)38-19-9-8-18-36-29-11-7-6-10-28(29)35-32(36)16-17-34-33(37)22-39-30-20-24(3)12-14-26(30)5/h6-7,10-15,20-21,23H,8-9,16-19,22H2,1-5H3,(H,34,37). The van der Waals surface area contributed by atoms with Crippen LogP contribution in [-0.2, 0) is 17.8 Å². The lowest BCUT2D eigenvalue weighted by molar-refractivity contribution is -0.123. The minimum absolute atomic E-state index is 0.000170. The highest BCUT2D eigenvalue weighted by Crippen LogP contribution is 2.28. The fraction of sp³-hybridized carbons (Fsp3) is 0.394. The summed E-state index contributed by atoms with van der Waals surface area (Å²) in [4.78, 5) is 17.3. The van der Waals surface area contributed by atoms with Crippen LogP contribution >= 0.6 is 0 Å². The van der Waals surface area contributed by atoms with Gasteiger partial charge in [-0.25, -0.2) is 4.98 Å². The maximum Gasteiger partial charge on any atom is 0.257 e. The number of nitrogens with one attached hydrogen (secondary N) is 1. The van der Waals surface area contributed by atoms with Crippen molar-refractivity contribution in [2.75, 3.05) is 19.8 Å². The highest BCUT2D eigenvalue weighted by Gasteiger charge is 2.12. The quantitative estimate of drug-likeness (QED) is 0.197. The SMILES string of the molecule is Cc1ccc(C)c(OCC(=O)NCCc2nc3ccccc3n2CCCCOc2cc(C)ccc2C(C)C)c1. The molecule has 3 aromatic carbocycles. The summed E-state index contributed by atoms with van der Waals surface area (Å²) in [5.41, 5.74) is 6.70. The van der Waals surface area contributed by atoms with E-state index in [0.717, 1.165) is 58.9 Å². The number of aryl methyl sites for hydroxylation is 4. The number of benzene rings is 3. The van der Waals surface area contributed by atoms with Gasteiger partial charge in [-0.1, -0.05) is 50.2 Å². The molecule has 1 heterocycles. The van der Waals surface area contributed by atoms with Crippen molar-refractivity contribution < 1.29 is 14.3 Å². The first-order chi connectivity index (χ1) is 18.8. The van der Waals surface area contributed by atoms with Crippen LogP contribution < -0.4 is 14.8 Å². The summed E-state index contributed by atoms with van der Waals surface area (Å²) in [6.07, 6.45) is 2.58. The Labute approximate surface area is 232 Å². The number of rotatable bonds is 13. The van der Waals surface area contributed by atoms with E-state index >= 15 is 0 Å². The predicted octanol–water partition coefficient (Wildman–Crippen LogP) is 6.68. The number of aromatic nitrogens is 2. The summed E-state index contributed by atoms with van der Waals surface area (Å²) in [5.74, 6) is 3.02. The molecule has 39 heavy (non-hydrogen) atoms. The van der Waals surface area contributed by atoms with Crippen molar-refractivity contribution in [1.29, 1.82) is 0 Å². The van der Waals surface area contributed by atoms with E-state index in [9.17, 15) is 4.79 Å². The number of hydrogen-bond acceptors (Lipinski definition) is 4. The first kappa shape index (κ1) is 28.2. The number of ether oxygens (including phenoxy) is 2. The smallest absolute Gasteiger partial charge is 0.257 e. The highest BCUT2D eigenvalue weighted by atomic mass is 16.5. The van der Waals surface area contributed by atoms with Crippen LogP contribution in [0.4, 0.5) is 0 Å². The zero-order valence-corrected chi connectivity index (χ0v) is 23.9. The molecule has 1 aromatic heterocycles. The van der Waals surface area contributed by atoms with E-state index in [1.54, 1.807) is 0 Å². The zero-order chi connectivity index (χ0) is 27.8. The van der Waals surface area contributed by atoms with Crippen molar-refractivity contribution in [1.82, 2.24) is 14.9 Å². The van der Waals surface area contributed by atoms with Crippen LogP contribution in [0.1, 0.15) is 60.7 Å². The van der Waals surface area contributed by atoms with Crippen LogP contribution in [0.15, 0.2) is 60.7 Å². The lowest BCUT2D eigenvalue weighted by atomic mass is 10.0. The number of carbonyl (C=O) groups is 1. The van der Waals surface area contributed by atoms with Crippen molar-refractivity contribution in [3.8, 4) is 11.5 Å². The molecule has 0 spiro atoms. The third-order valence-electron chi connectivity index (χ3n) is 6.93. The largest absolute Gasteiger partial charge is 0.493 e. The number of amides is 1. The van der Waals surface area contributed by atoms with E-state index in [4.69, 9.17) is 14.5 Å². The molecule has 0 aliphatic rings. The van der Waals surface area contributed by atoms with Crippen LogP contribution in [-0.4, -0.2) is 35.2 Å². The molecule has 1 amide bonds. The normalized spacial score (nSPS) is 11.2. The molecular weight excluding hydrogens is 486 g/mol. The second-order valence-corrected chi connectivity index (χ2v) is 10.6. The lowest BCUT2D eigenvalue weighted by Gasteiger charge is -2.15. The van der Waals surface area contributed by atoms with Crippen LogP contribution in [0.3, 0.4) is 0 Å². The van der Waals surface area contributed by atoms with Gasteiger partial charge in [0.2, 0.25) is 0 Å². The number of hydrogen-bond donors (Lipinski definition) is 1. The number of nitrogens with zero attached hydrogens (tertiary/aromatic N) is 2. The van der Waals surface area contributed by atoms with Gasteiger partial charge in [0.1, 0.15) is 17.3 Å². The molecule has 0 unspecified atom stereocenters. The molecular formula is C33H41N3O3. The van der Waals surface area contributed by atoms with Gasteiger partial charge >= 0.3 is 0 Å². The van der Waals surface area contributed by atoms with Gasteiger partial charge in [0.05, 0.1) is 17.6 Å². The second-order valence-electron chi connectivity index (χ2n) is 10.6. The van der Waals surface area contributed by atoms with E-state index in [0.29, 0.717) is 25.5 Å². The number of imidazole rings is 1. The van der Waals surface area contributed by atoms with Crippen LogP contribution in [0.5, 0.6) is 11.5 Å². The highest BCUT2D eigenvalue weighted by molar-refractivity contribution is 5.78. The molecule has 206 valence electrons. The Morgan fingerprint density at radius 2 is 1.67 bits per heavy atom. The van der Waals surface area contributed by atoms with Gasteiger partial charge in [0, 0.05) is 19.5 Å². The Kier molecular flexibility index (Phi) is 9.64. The van der Waals surface area contributed by atoms with Crippen molar-refractivity contribution in [2.45, 2.75) is 66.3 Å². The van der Waals surface area contributed by atoms with E-state index in [1.165, 1.54) is 11.1 Å². The monoisotopic (exact) mass is 527 g/mol. The Balaban J connectivity index is 1.29. The first-order valence-corrected chi connectivity index (χ1v) is 14.0. The molecule has 0 aliphatic carbocycles. The van der Waals surface area contributed by atoms with E-state index in [1.807, 2.05) is 50.2 Å². The summed E-state index contributed by atoms with van der Waals surface area (Å²) >= 11 is 0. The fourth-order valence-electron chi connectivity index (χ4n) is 4.73. The molecule has 0 atom stereocenters. The van der Waals surface area contributed by atoms with Crippen LogP contribution in [0.2, 0.25) is 0 Å². The second kappa shape index (κ2) is 13.3. The van der Waals surface area contributed by atoms with Crippen LogP contribution in [0.25, 0.3) is 11.0 Å². The van der Waals surface area contributed by atoms with Gasteiger partial charge in [0.15, 0.2) is 6.61 Å². The van der Waals surface area contributed by atoms with Crippen molar-refractivity contribution in [2.24, 2.45) is 0 Å². The molecule has 0 radical (unpaired) electrons. The molecule has 0 fully saturated rings. The van der Waals surface area contributed by atoms with E-state index in [2.05, 4.69) is 54.9 Å². The van der Waals surface area contributed by atoms with Gasteiger partial charge in [-0.05, 0) is 86.1 Å². The Morgan fingerprint density at radius 1 is 0.923 bits per heavy atom. The summed E-state index contributed by atoms with van der Waals surface area (Å²) in [6.45, 7) is 12.5. The molecule has 6 nitrogen and oxygen atoms in total. The van der Waals surface area contributed by atoms with E-state index in [-0.39, 0.29) is 12.5 Å². The molecule has 4 aromatic rings. The Bertz CT molecular complexity index is 1410. The number of carbonyl (C=O) groups excluding carboxylic acids is 1. The topological polar surface area (TPSA) is 65.4 Å². The number of unbranched alkanes of at least 4 members (excludes halogenated alkanes) is 1. The minimum Gasteiger partial charge on any atom is -0.493 e. The molecule has 4 rings (SSSR count). The van der Waals surface area contributed by atoms with E-state index < -0.39 is 0 Å². The maximum absolute atomic E-state index is 12.4. The predicted molar refractivity (Wildman–Crippen MR) is 158 cm³/mol. The number of fused-ring (bicyclic) bond motifs is 1. The van der Waals surface area contributed by atoms with Crippen molar-refractivity contribution in [3.63, 3.8) is 0 Å². The van der Waals surface area contributed by atoms with Gasteiger partial charge in [-0.2, -0.15) is 0 Å². The molecule has 0 saturated carbocycles. The van der Waals surface area contributed by atoms with Gasteiger partial charge in [-0.3, -0.25) is 4.79 Å². The molecule has 1 N–H and O–H groups in total. The lowest BCUT2D eigenvalue weighted by Crippen LogP contribution is -2.31. The fourth-order valence-corrected chi connectivity index (χ4v) is 4.73. The summed E-state index contributed by atoms with van der Waals surface area (Å²) in [5, 5.41) is 2.98. The summed E-state index contributed by atoms with van der Waals surface area (Å²) in [7, 11) is 0. The van der Waals surface area contributed by atoms with Gasteiger partial charge in [0.25, 0.3) is 5.91 Å². The molecule has 0 saturated heterocycles. The zero-order valence-electron chi connectivity index (χ0n) is 23.9. The maximum atomic E-state index is 12.4. The molecule has 6 heteroatoms.